The van der Waals surface area contributed by atoms with E-state index in [0.29, 0.717) is 21.4 Å². The van der Waals surface area contributed by atoms with Crippen LogP contribution in [0.2, 0.25) is 0 Å². The fraction of sp³-hybridized carbons (Fsp3) is 0.143. The predicted octanol–water partition coefficient (Wildman–Crippen LogP) is 8.34. The summed E-state index contributed by atoms with van der Waals surface area (Å²) in [5.41, 5.74) is 2.52. The summed E-state index contributed by atoms with van der Waals surface area (Å²) in [5.74, 6) is 0.0976. The molecule has 35 heavy (non-hydrogen) atoms. The number of phenolic OH excluding ortho intramolecular Hbond substituents is 1. The van der Waals surface area contributed by atoms with Crippen molar-refractivity contribution in [2.24, 2.45) is 0 Å². The molecule has 0 saturated carbocycles. The van der Waals surface area contributed by atoms with Crippen LogP contribution in [0.3, 0.4) is 0 Å². The predicted molar refractivity (Wildman–Crippen MR) is 151 cm³/mol. The third-order valence-electron chi connectivity index (χ3n) is 5.10. The van der Waals surface area contributed by atoms with E-state index in [4.69, 9.17) is 0 Å². The number of aromatic hydroxyl groups is 1. The normalized spacial score (nSPS) is 11.0. The lowest BCUT2D eigenvalue weighted by atomic mass is 10.1. The summed E-state index contributed by atoms with van der Waals surface area (Å²) in [5, 5.41) is 12.1. The molecule has 0 atom stereocenters. The van der Waals surface area contributed by atoms with Gasteiger partial charge in [0.15, 0.2) is 0 Å². The Labute approximate surface area is 216 Å². The van der Waals surface area contributed by atoms with Crippen molar-refractivity contribution in [3.05, 3.63) is 101 Å². The maximum absolute atomic E-state index is 13.1. The Morgan fingerprint density at radius 3 is 2.06 bits per heavy atom. The molecule has 0 saturated heterocycles. The van der Waals surface area contributed by atoms with Gasteiger partial charge in [0.1, 0.15) is 5.75 Å². The van der Waals surface area contributed by atoms with Gasteiger partial charge >= 0.3 is 0 Å². The number of hydrogen-bond donors (Lipinski definition) is 2. The SMILES string of the molecule is C=C(Sc1ccccc1C)Sc1cc(NS(=O)(=O)c2ccc(C)cc2)c2ccccc2c1O.CC. The Bertz CT molecular complexity index is 1450. The number of benzene rings is 4. The Morgan fingerprint density at radius 1 is 0.829 bits per heavy atom. The lowest BCUT2D eigenvalue weighted by molar-refractivity contribution is 0.469. The second-order valence-corrected chi connectivity index (χ2v) is 11.8. The summed E-state index contributed by atoms with van der Waals surface area (Å²) in [6.45, 7) is 12.1. The number of sulfonamides is 1. The van der Waals surface area contributed by atoms with E-state index in [1.807, 2.05) is 64.1 Å². The molecule has 0 aliphatic heterocycles. The molecule has 0 bridgehead atoms. The fourth-order valence-corrected chi connectivity index (χ4v) is 6.38. The van der Waals surface area contributed by atoms with E-state index >= 15 is 0 Å². The fourth-order valence-electron chi connectivity index (χ4n) is 3.35. The average Bonchev–Trinajstić information content (AvgIpc) is 2.85. The second kappa shape index (κ2) is 11.7. The highest BCUT2D eigenvalue weighted by atomic mass is 32.2. The maximum Gasteiger partial charge on any atom is 0.261 e. The van der Waals surface area contributed by atoms with Crippen molar-refractivity contribution in [2.75, 3.05) is 4.72 Å². The van der Waals surface area contributed by atoms with Crippen LogP contribution in [0.15, 0.2) is 104 Å². The van der Waals surface area contributed by atoms with Crippen molar-refractivity contribution in [2.45, 2.75) is 42.4 Å². The molecule has 0 heterocycles. The van der Waals surface area contributed by atoms with Crippen molar-refractivity contribution in [3.63, 3.8) is 0 Å². The lowest BCUT2D eigenvalue weighted by Gasteiger charge is -2.16. The van der Waals surface area contributed by atoms with Gasteiger partial charge in [0.2, 0.25) is 0 Å². The molecule has 4 rings (SSSR count). The smallest absolute Gasteiger partial charge is 0.261 e. The van der Waals surface area contributed by atoms with Gasteiger partial charge in [-0.1, -0.05) is 104 Å². The first-order valence-electron chi connectivity index (χ1n) is 11.2. The van der Waals surface area contributed by atoms with Crippen LogP contribution in [0.5, 0.6) is 5.75 Å². The topological polar surface area (TPSA) is 66.4 Å². The Morgan fingerprint density at radius 2 is 1.40 bits per heavy atom. The van der Waals surface area contributed by atoms with E-state index in [9.17, 15) is 13.5 Å². The van der Waals surface area contributed by atoms with Gasteiger partial charge in [-0.15, -0.1) is 0 Å². The number of anilines is 1. The van der Waals surface area contributed by atoms with Gasteiger partial charge in [-0.05, 0) is 43.7 Å². The standard InChI is InChI=1S/C26H23NO3S3.C2H6/c1-17-12-14-20(15-13-17)33(29,30)27-23-16-25(26(28)22-10-6-5-9-21(22)23)32-19(3)31-24-11-7-4-8-18(24)2;1-2/h4-16,27-28H,3H2,1-2H3;1-2H3. The van der Waals surface area contributed by atoms with E-state index in [1.54, 1.807) is 42.5 Å². The molecule has 0 unspecified atom stereocenters. The highest BCUT2D eigenvalue weighted by Gasteiger charge is 2.19. The number of rotatable bonds is 7. The average molecular weight is 524 g/mol. The Kier molecular flexibility index (Phi) is 8.94. The van der Waals surface area contributed by atoms with Gasteiger partial charge < -0.3 is 5.11 Å². The quantitative estimate of drug-likeness (QED) is 0.188. The van der Waals surface area contributed by atoms with Gasteiger partial charge in [0.05, 0.1) is 15.5 Å². The van der Waals surface area contributed by atoms with Crippen molar-refractivity contribution in [1.82, 2.24) is 0 Å². The summed E-state index contributed by atoms with van der Waals surface area (Å²) in [6.07, 6.45) is 0. The Balaban J connectivity index is 0.00000167. The number of thioether (sulfide) groups is 2. The molecule has 2 N–H and O–H groups in total. The van der Waals surface area contributed by atoms with Crippen molar-refractivity contribution < 1.29 is 13.5 Å². The molecule has 4 aromatic rings. The van der Waals surface area contributed by atoms with E-state index in [-0.39, 0.29) is 10.6 Å². The number of fused-ring (bicyclic) bond motifs is 1. The molecule has 182 valence electrons. The molecular weight excluding hydrogens is 495 g/mol. The third kappa shape index (κ3) is 6.42. The molecular formula is C28H29NO3S3. The minimum absolute atomic E-state index is 0.0976. The zero-order chi connectivity index (χ0) is 25.6. The first-order valence-corrected chi connectivity index (χ1v) is 14.3. The minimum Gasteiger partial charge on any atom is -0.506 e. The van der Waals surface area contributed by atoms with Gasteiger partial charge in [0, 0.05) is 19.9 Å². The largest absolute Gasteiger partial charge is 0.506 e. The monoisotopic (exact) mass is 523 g/mol. The minimum atomic E-state index is -3.80. The van der Waals surface area contributed by atoms with Gasteiger partial charge in [-0.25, -0.2) is 8.42 Å². The lowest BCUT2D eigenvalue weighted by Crippen LogP contribution is -2.13. The number of aryl methyl sites for hydroxylation is 2. The summed E-state index contributed by atoms with van der Waals surface area (Å²) in [4.78, 5) is 1.79. The first kappa shape index (κ1) is 26.7. The summed E-state index contributed by atoms with van der Waals surface area (Å²) < 4.78 is 29.6. The summed E-state index contributed by atoms with van der Waals surface area (Å²) >= 11 is 2.83. The van der Waals surface area contributed by atoms with Crippen LogP contribution in [0.1, 0.15) is 25.0 Å². The van der Waals surface area contributed by atoms with E-state index < -0.39 is 10.0 Å². The van der Waals surface area contributed by atoms with E-state index in [1.165, 1.54) is 23.5 Å². The zero-order valence-electron chi connectivity index (χ0n) is 20.2. The number of phenols is 1. The summed E-state index contributed by atoms with van der Waals surface area (Å²) in [7, 11) is -3.80. The molecule has 0 radical (unpaired) electrons. The van der Waals surface area contributed by atoms with Gasteiger partial charge in [0.25, 0.3) is 10.0 Å². The molecule has 0 spiro atoms. The van der Waals surface area contributed by atoms with Crippen molar-refractivity contribution in [1.29, 1.82) is 0 Å². The number of hydrogen-bond acceptors (Lipinski definition) is 5. The maximum atomic E-state index is 13.1. The van der Waals surface area contributed by atoms with Crippen LogP contribution in [0, 0.1) is 13.8 Å². The highest BCUT2D eigenvalue weighted by molar-refractivity contribution is 8.22. The van der Waals surface area contributed by atoms with Gasteiger partial charge in [-0.3, -0.25) is 4.72 Å². The molecule has 0 amide bonds. The molecule has 0 aliphatic carbocycles. The van der Waals surface area contributed by atoms with Crippen LogP contribution in [-0.2, 0) is 10.0 Å². The highest BCUT2D eigenvalue weighted by Crippen LogP contribution is 2.46. The van der Waals surface area contributed by atoms with Crippen LogP contribution in [0.4, 0.5) is 5.69 Å². The van der Waals surface area contributed by atoms with E-state index in [0.717, 1.165) is 20.3 Å². The van der Waals surface area contributed by atoms with Crippen molar-refractivity contribution in [3.8, 4) is 5.75 Å². The van der Waals surface area contributed by atoms with E-state index in [2.05, 4.69) is 11.3 Å². The molecule has 0 aromatic heterocycles. The molecule has 4 nitrogen and oxygen atoms in total. The zero-order valence-corrected chi connectivity index (χ0v) is 22.7. The van der Waals surface area contributed by atoms with Gasteiger partial charge in [-0.2, -0.15) is 0 Å². The molecule has 0 aliphatic rings. The van der Waals surface area contributed by atoms with Crippen LogP contribution in [-0.4, -0.2) is 13.5 Å². The third-order valence-corrected chi connectivity index (χ3v) is 8.64. The van der Waals surface area contributed by atoms with Crippen LogP contribution < -0.4 is 4.72 Å². The first-order chi connectivity index (χ1) is 16.7. The van der Waals surface area contributed by atoms with Crippen LogP contribution >= 0.6 is 23.5 Å². The number of nitrogens with one attached hydrogen (secondary N) is 1. The van der Waals surface area contributed by atoms with Crippen LogP contribution in [0.25, 0.3) is 10.8 Å². The van der Waals surface area contributed by atoms with Crippen molar-refractivity contribution >= 4 is 50.0 Å². The molecule has 0 fully saturated rings. The summed E-state index contributed by atoms with van der Waals surface area (Å²) in [6, 6.07) is 23.5. The molecule has 7 heteroatoms. The second-order valence-electron chi connectivity index (χ2n) is 7.58. The Hall–Kier alpha value is -2.87. The molecule has 4 aromatic carbocycles.